The molecule has 2 nitrogen and oxygen atoms in total. The van der Waals surface area contributed by atoms with E-state index in [1.54, 1.807) is 18.2 Å². The van der Waals surface area contributed by atoms with E-state index in [2.05, 4.69) is 6.58 Å². The van der Waals surface area contributed by atoms with Crippen molar-refractivity contribution < 1.29 is 9.90 Å². The lowest BCUT2D eigenvalue weighted by atomic mass is 10.1. The molecule has 0 saturated heterocycles. The molecule has 2 heteroatoms. The van der Waals surface area contributed by atoms with Crippen molar-refractivity contribution in [2.45, 2.75) is 0 Å². The highest BCUT2D eigenvalue weighted by Crippen LogP contribution is 2.09. The molecule has 0 heterocycles. The zero-order valence-corrected chi connectivity index (χ0v) is 5.91. The van der Waals surface area contributed by atoms with Gasteiger partial charge in [-0.05, 0) is 11.6 Å². The number of benzene rings is 1. The summed E-state index contributed by atoms with van der Waals surface area (Å²) in [4.78, 5) is 10.4. The predicted octanol–water partition coefficient (Wildman–Crippen LogP) is 1.90. The molecule has 0 aliphatic rings. The highest BCUT2D eigenvalue weighted by molar-refractivity contribution is 5.91. The minimum Gasteiger partial charge on any atom is -0.241 e. The molecule has 0 aliphatic carbocycles. The van der Waals surface area contributed by atoms with E-state index in [0.717, 1.165) is 0 Å². The molecule has 0 atom stereocenters. The Morgan fingerprint density at radius 1 is 1.36 bits per heavy atom. The summed E-state index contributed by atoms with van der Waals surface area (Å²) < 4.78 is 0. The van der Waals surface area contributed by atoms with Gasteiger partial charge in [0.15, 0.2) is 0 Å². The first kappa shape index (κ1) is 7.54. The summed E-state index contributed by atoms with van der Waals surface area (Å²) in [5.41, 5.74) is 0.773. The second-order valence-corrected chi connectivity index (χ2v) is 2.08. The Morgan fingerprint density at radius 3 is 2.45 bits per heavy atom. The Balaban J connectivity index is 3.22. The third-order valence-electron chi connectivity index (χ3n) is 1.40. The van der Waals surface area contributed by atoms with Crippen molar-refractivity contribution in [3.8, 4) is 0 Å². The van der Waals surface area contributed by atoms with E-state index in [1.807, 2.05) is 0 Å². The van der Waals surface area contributed by atoms with E-state index in [0.29, 0.717) is 5.56 Å². The number of hydrogen-bond donors (Lipinski definition) is 0. The lowest BCUT2D eigenvalue weighted by Crippen LogP contribution is -1.96. The van der Waals surface area contributed by atoms with Crippen molar-refractivity contribution in [1.29, 1.82) is 0 Å². The van der Waals surface area contributed by atoms with Crippen LogP contribution in [0.5, 0.6) is 0 Å². The molecular formula is C9H7O2. The van der Waals surface area contributed by atoms with Crippen LogP contribution in [0, 0.1) is 0 Å². The van der Waals surface area contributed by atoms with Gasteiger partial charge in [0.25, 0.3) is 0 Å². The summed E-state index contributed by atoms with van der Waals surface area (Å²) >= 11 is 0. The molecule has 0 amide bonds. The first-order chi connectivity index (χ1) is 5.25. The van der Waals surface area contributed by atoms with Crippen molar-refractivity contribution in [1.82, 2.24) is 0 Å². The Labute approximate surface area is 64.8 Å². The normalized spacial score (nSPS) is 9.09. The second kappa shape index (κ2) is 3.01. The maximum atomic E-state index is 10.4. The molecule has 0 N–H and O–H groups in total. The molecule has 0 bridgehead atoms. The number of carbonyl (C=O) groups is 1. The SMILES string of the molecule is C=Cc1ccccc1C([O])=O. The van der Waals surface area contributed by atoms with Crippen molar-refractivity contribution in [3.05, 3.63) is 42.0 Å². The van der Waals surface area contributed by atoms with Gasteiger partial charge in [-0.25, -0.2) is 9.90 Å². The van der Waals surface area contributed by atoms with Crippen LogP contribution < -0.4 is 0 Å². The molecule has 11 heavy (non-hydrogen) atoms. The second-order valence-electron chi connectivity index (χ2n) is 2.08. The van der Waals surface area contributed by atoms with Crippen LogP contribution in [0.4, 0.5) is 0 Å². The minimum absolute atomic E-state index is 0.183. The smallest absolute Gasteiger partial charge is 0.241 e. The zero-order chi connectivity index (χ0) is 8.27. The van der Waals surface area contributed by atoms with Crippen LogP contribution in [0.15, 0.2) is 30.8 Å². The van der Waals surface area contributed by atoms with Gasteiger partial charge in [0, 0.05) is 0 Å². The average Bonchev–Trinajstić information content (AvgIpc) is 2.04. The van der Waals surface area contributed by atoms with E-state index in [4.69, 9.17) is 0 Å². The van der Waals surface area contributed by atoms with E-state index < -0.39 is 5.97 Å². The Kier molecular flexibility index (Phi) is 2.06. The molecule has 1 radical (unpaired) electrons. The van der Waals surface area contributed by atoms with Gasteiger partial charge in [0.05, 0.1) is 5.56 Å². The lowest BCUT2D eigenvalue weighted by molar-refractivity contribution is 0.0573. The average molecular weight is 147 g/mol. The molecule has 0 unspecified atom stereocenters. The number of rotatable bonds is 2. The molecule has 1 aromatic carbocycles. The molecule has 0 fully saturated rings. The summed E-state index contributed by atoms with van der Waals surface area (Å²) in [6.07, 6.45) is 1.49. The Morgan fingerprint density at radius 2 is 2.00 bits per heavy atom. The number of hydrogen-bond acceptors (Lipinski definition) is 1. The summed E-state index contributed by atoms with van der Waals surface area (Å²) in [5.74, 6) is -1.17. The molecule has 1 aromatic rings. The van der Waals surface area contributed by atoms with E-state index in [-0.39, 0.29) is 5.56 Å². The molecule has 1 rings (SSSR count). The van der Waals surface area contributed by atoms with Gasteiger partial charge in [-0.3, -0.25) is 0 Å². The quantitative estimate of drug-likeness (QED) is 0.629. The van der Waals surface area contributed by atoms with Crippen molar-refractivity contribution in [2.75, 3.05) is 0 Å². The van der Waals surface area contributed by atoms with E-state index in [9.17, 15) is 9.90 Å². The van der Waals surface area contributed by atoms with Gasteiger partial charge in [0.2, 0.25) is 0 Å². The van der Waals surface area contributed by atoms with Gasteiger partial charge in [-0.2, -0.15) is 0 Å². The Hall–Kier alpha value is -1.57. The molecule has 0 spiro atoms. The maximum Gasteiger partial charge on any atom is 0.386 e. The van der Waals surface area contributed by atoms with Crippen LogP contribution in [0.1, 0.15) is 15.9 Å². The van der Waals surface area contributed by atoms with Crippen LogP contribution in [-0.4, -0.2) is 5.97 Å². The van der Waals surface area contributed by atoms with Crippen LogP contribution in [-0.2, 0) is 5.11 Å². The van der Waals surface area contributed by atoms with Gasteiger partial charge in [-0.1, -0.05) is 30.9 Å². The molecular weight excluding hydrogens is 140 g/mol. The molecule has 55 valence electrons. The third kappa shape index (κ3) is 1.46. The van der Waals surface area contributed by atoms with Gasteiger partial charge in [0.1, 0.15) is 0 Å². The van der Waals surface area contributed by atoms with Gasteiger partial charge in [-0.15, -0.1) is 0 Å². The molecule has 0 aromatic heterocycles. The fraction of sp³-hybridized carbons (Fsp3) is 0. The lowest BCUT2D eigenvalue weighted by Gasteiger charge is -1.95. The van der Waals surface area contributed by atoms with Crippen LogP contribution >= 0.6 is 0 Å². The summed E-state index contributed by atoms with van der Waals surface area (Å²) in [7, 11) is 0. The zero-order valence-electron chi connectivity index (χ0n) is 5.91. The van der Waals surface area contributed by atoms with E-state index in [1.165, 1.54) is 12.1 Å². The maximum absolute atomic E-state index is 10.4. The van der Waals surface area contributed by atoms with Crippen LogP contribution in [0.25, 0.3) is 6.08 Å². The van der Waals surface area contributed by atoms with Crippen LogP contribution in [0.2, 0.25) is 0 Å². The summed E-state index contributed by atoms with van der Waals surface area (Å²) in [6, 6.07) is 6.58. The fourth-order valence-corrected chi connectivity index (χ4v) is 0.861. The third-order valence-corrected chi connectivity index (χ3v) is 1.40. The van der Waals surface area contributed by atoms with Crippen LogP contribution in [0.3, 0.4) is 0 Å². The molecule has 0 aliphatic heterocycles. The minimum atomic E-state index is -1.17. The highest BCUT2D eigenvalue weighted by atomic mass is 16.4. The molecule has 0 saturated carbocycles. The van der Waals surface area contributed by atoms with Gasteiger partial charge < -0.3 is 0 Å². The summed E-state index contributed by atoms with van der Waals surface area (Å²) in [6.45, 7) is 3.48. The van der Waals surface area contributed by atoms with Gasteiger partial charge >= 0.3 is 5.97 Å². The first-order valence-electron chi connectivity index (χ1n) is 3.18. The van der Waals surface area contributed by atoms with E-state index >= 15 is 0 Å². The van der Waals surface area contributed by atoms with Crippen molar-refractivity contribution in [3.63, 3.8) is 0 Å². The topological polar surface area (TPSA) is 37.0 Å². The number of carbonyl (C=O) groups excluding carboxylic acids is 1. The summed E-state index contributed by atoms with van der Waals surface area (Å²) in [5, 5.41) is 10.4. The van der Waals surface area contributed by atoms with Crippen molar-refractivity contribution in [2.24, 2.45) is 0 Å². The first-order valence-corrected chi connectivity index (χ1v) is 3.18. The highest BCUT2D eigenvalue weighted by Gasteiger charge is 2.06. The fourth-order valence-electron chi connectivity index (χ4n) is 0.861. The monoisotopic (exact) mass is 147 g/mol. The predicted molar refractivity (Wildman–Crippen MR) is 41.6 cm³/mol. The van der Waals surface area contributed by atoms with Crippen molar-refractivity contribution >= 4 is 12.0 Å². The standard InChI is InChI=1S/C9H7O2/c1-2-7-5-3-4-6-8(7)9(10)11/h2-6H,1H2. The Bertz CT molecular complexity index is 289. The largest absolute Gasteiger partial charge is 0.386 e.